The molecule has 4 saturated carbocycles. The summed E-state index contributed by atoms with van der Waals surface area (Å²) in [7, 11) is -4.51. The zero-order valence-corrected chi connectivity index (χ0v) is 23.8. The van der Waals surface area contributed by atoms with Crippen molar-refractivity contribution in [3.8, 4) is 0 Å². The molecule has 4 aliphatic rings. The Morgan fingerprint density at radius 2 is 1.61 bits per heavy atom. The van der Waals surface area contributed by atoms with Crippen molar-refractivity contribution in [2.45, 2.75) is 117 Å². The third-order valence-electron chi connectivity index (χ3n) is 11.7. The van der Waals surface area contributed by atoms with E-state index in [1.807, 2.05) is 13.8 Å². The molecule has 7 nitrogen and oxygen atoms in total. The van der Waals surface area contributed by atoms with Crippen LogP contribution in [0.2, 0.25) is 0 Å². The largest absolute Gasteiger partial charge is 0.397 e. The van der Waals surface area contributed by atoms with Gasteiger partial charge in [-0.1, -0.05) is 34.6 Å². The molecule has 11 atom stereocenters. The Morgan fingerprint density at radius 3 is 2.22 bits per heavy atom. The number of aliphatic hydroxyl groups excluding tert-OH is 1. The minimum Gasteiger partial charge on any atom is -0.393 e. The zero-order valence-electron chi connectivity index (χ0n) is 22.9. The SMILES string of the molecule is CC(C)C(C)C(=O)CC(C)(O)C1CCC2C3CC(O)C4CC(OS(=O)(=O)O)CCC4(C)C3CCC21C. The molecule has 36 heavy (non-hydrogen) atoms. The summed E-state index contributed by atoms with van der Waals surface area (Å²) in [4.78, 5) is 12.9. The minimum atomic E-state index is -4.51. The number of Topliss-reactive ketones (excluding diaryl/α,β-unsaturated/α-hetero) is 1. The summed E-state index contributed by atoms with van der Waals surface area (Å²) in [6.07, 6.45) is 5.44. The number of aliphatic hydroxyl groups is 2. The number of fused-ring (bicyclic) bond motifs is 5. The van der Waals surface area contributed by atoms with E-state index in [2.05, 4.69) is 27.7 Å². The second-order valence-corrected chi connectivity index (χ2v) is 15.0. The number of ketones is 1. The lowest BCUT2D eigenvalue weighted by Crippen LogP contribution is -2.59. The number of hydrogen-bond donors (Lipinski definition) is 3. The Hall–Kier alpha value is -0.540. The van der Waals surface area contributed by atoms with Gasteiger partial charge in [-0.15, -0.1) is 0 Å². The van der Waals surface area contributed by atoms with Crippen molar-refractivity contribution in [1.29, 1.82) is 0 Å². The third-order valence-corrected chi connectivity index (χ3v) is 12.2. The van der Waals surface area contributed by atoms with Gasteiger partial charge in [0.05, 0.1) is 17.8 Å². The second kappa shape index (κ2) is 9.58. The highest BCUT2D eigenvalue weighted by atomic mass is 32.3. The molecule has 0 aromatic heterocycles. The standard InChI is InChI=1S/C28H48O7S/c1-16(2)17(3)24(30)15-28(6,31)25-8-7-20-19-14-23(29)22-13-18(35-36(32,33)34)9-11-26(22,4)21(19)10-12-27(20,25)5/h16-23,25,29,31H,7-15H2,1-6H3,(H,32,33,34). The summed E-state index contributed by atoms with van der Waals surface area (Å²) in [6.45, 7) is 12.5. The van der Waals surface area contributed by atoms with Crippen LogP contribution in [0.15, 0.2) is 0 Å². The van der Waals surface area contributed by atoms with E-state index in [0.717, 1.165) is 32.1 Å². The normalized spacial score (nSPS) is 45.3. The van der Waals surface area contributed by atoms with E-state index < -0.39 is 28.2 Å². The van der Waals surface area contributed by atoms with Crippen LogP contribution in [-0.2, 0) is 19.4 Å². The summed E-state index contributed by atoms with van der Waals surface area (Å²) in [6, 6.07) is 0. The zero-order chi connectivity index (χ0) is 26.8. The predicted octanol–water partition coefficient (Wildman–Crippen LogP) is 4.81. The van der Waals surface area contributed by atoms with Crippen LogP contribution in [0.1, 0.15) is 99.3 Å². The first kappa shape index (κ1) is 28.5. The number of carbonyl (C=O) groups excluding carboxylic acids is 1. The molecule has 4 rings (SSSR count). The molecular formula is C28H48O7S. The molecule has 0 aliphatic heterocycles. The van der Waals surface area contributed by atoms with Gasteiger partial charge in [0.2, 0.25) is 0 Å². The van der Waals surface area contributed by atoms with Crippen LogP contribution < -0.4 is 0 Å². The highest BCUT2D eigenvalue weighted by Crippen LogP contribution is 2.68. The Morgan fingerprint density at radius 1 is 1.00 bits per heavy atom. The summed E-state index contributed by atoms with van der Waals surface area (Å²) in [5.74, 6) is 1.51. The van der Waals surface area contributed by atoms with Crippen molar-refractivity contribution >= 4 is 16.2 Å². The molecule has 0 amide bonds. The second-order valence-electron chi connectivity index (χ2n) is 13.9. The molecule has 0 bridgehead atoms. The van der Waals surface area contributed by atoms with Gasteiger partial charge in [-0.2, -0.15) is 8.42 Å². The highest BCUT2D eigenvalue weighted by molar-refractivity contribution is 7.80. The van der Waals surface area contributed by atoms with Gasteiger partial charge in [-0.05, 0) is 105 Å². The molecule has 0 heterocycles. The molecule has 0 aromatic carbocycles. The molecule has 0 saturated heterocycles. The molecule has 0 spiro atoms. The van der Waals surface area contributed by atoms with Gasteiger partial charge in [0.1, 0.15) is 5.78 Å². The van der Waals surface area contributed by atoms with Crippen LogP contribution in [0.25, 0.3) is 0 Å². The topological polar surface area (TPSA) is 121 Å². The van der Waals surface area contributed by atoms with E-state index in [9.17, 15) is 23.4 Å². The van der Waals surface area contributed by atoms with Crippen LogP contribution >= 0.6 is 0 Å². The van der Waals surface area contributed by atoms with Crippen molar-refractivity contribution in [1.82, 2.24) is 0 Å². The summed E-state index contributed by atoms with van der Waals surface area (Å²) in [5.41, 5.74) is -1.21. The lowest BCUT2D eigenvalue weighted by Gasteiger charge is -2.62. The molecule has 8 heteroatoms. The van der Waals surface area contributed by atoms with Gasteiger partial charge < -0.3 is 10.2 Å². The Kier molecular flexibility index (Phi) is 7.58. The van der Waals surface area contributed by atoms with Crippen molar-refractivity contribution in [2.24, 2.45) is 52.3 Å². The number of hydrogen-bond acceptors (Lipinski definition) is 6. The third kappa shape index (κ3) is 4.94. The molecule has 3 N–H and O–H groups in total. The van der Waals surface area contributed by atoms with Crippen molar-refractivity contribution < 1.29 is 32.2 Å². The lowest BCUT2D eigenvalue weighted by molar-refractivity contribution is -0.178. The maximum atomic E-state index is 12.9. The molecule has 208 valence electrons. The smallest absolute Gasteiger partial charge is 0.393 e. The van der Waals surface area contributed by atoms with E-state index in [0.29, 0.717) is 37.0 Å². The average Bonchev–Trinajstić information content (AvgIpc) is 3.11. The minimum absolute atomic E-state index is 0.0563. The Labute approximate surface area is 217 Å². The van der Waals surface area contributed by atoms with Crippen molar-refractivity contribution in [3.63, 3.8) is 0 Å². The van der Waals surface area contributed by atoms with Gasteiger partial charge in [-0.25, -0.2) is 4.18 Å². The number of rotatable bonds is 7. The molecule has 0 radical (unpaired) electrons. The van der Waals surface area contributed by atoms with Crippen LogP contribution in [0, 0.1) is 52.3 Å². The summed E-state index contributed by atoms with van der Waals surface area (Å²) in [5, 5.41) is 23.0. The predicted molar refractivity (Wildman–Crippen MR) is 137 cm³/mol. The van der Waals surface area contributed by atoms with Gasteiger partial charge in [-0.3, -0.25) is 9.35 Å². The Balaban J connectivity index is 1.53. The monoisotopic (exact) mass is 528 g/mol. The quantitative estimate of drug-likeness (QED) is 0.406. The van der Waals surface area contributed by atoms with Crippen molar-refractivity contribution in [2.75, 3.05) is 0 Å². The van der Waals surface area contributed by atoms with Gasteiger partial charge >= 0.3 is 10.4 Å². The summed E-state index contributed by atoms with van der Waals surface area (Å²) >= 11 is 0. The first-order chi connectivity index (χ1) is 16.5. The maximum Gasteiger partial charge on any atom is 0.397 e. The molecule has 11 unspecified atom stereocenters. The van der Waals surface area contributed by atoms with E-state index in [-0.39, 0.29) is 46.7 Å². The van der Waals surface area contributed by atoms with Crippen LogP contribution in [0.3, 0.4) is 0 Å². The van der Waals surface area contributed by atoms with Crippen LogP contribution in [-0.4, -0.2) is 46.8 Å². The first-order valence-electron chi connectivity index (χ1n) is 14.1. The van der Waals surface area contributed by atoms with Gasteiger partial charge in [0.25, 0.3) is 0 Å². The van der Waals surface area contributed by atoms with Gasteiger partial charge in [0.15, 0.2) is 0 Å². The lowest BCUT2D eigenvalue weighted by atomic mass is 9.43. The first-order valence-corrected chi connectivity index (χ1v) is 15.4. The molecule has 4 aliphatic carbocycles. The molecule has 0 aromatic rings. The summed E-state index contributed by atoms with van der Waals surface area (Å²) < 4.78 is 36.7. The number of carbonyl (C=O) groups is 1. The fourth-order valence-electron chi connectivity index (χ4n) is 9.55. The highest BCUT2D eigenvalue weighted by Gasteiger charge is 2.64. The van der Waals surface area contributed by atoms with E-state index in [4.69, 9.17) is 8.74 Å². The van der Waals surface area contributed by atoms with Crippen molar-refractivity contribution in [3.05, 3.63) is 0 Å². The van der Waals surface area contributed by atoms with E-state index in [1.54, 1.807) is 0 Å². The van der Waals surface area contributed by atoms with Gasteiger partial charge in [0, 0.05) is 12.3 Å². The van der Waals surface area contributed by atoms with E-state index in [1.165, 1.54) is 0 Å². The van der Waals surface area contributed by atoms with Crippen LogP contribution in [0.4, 0.5) is 0 Å². The maximum absolute atomic E-state index is 12.9. The van der Waals surface area contributed by atoms with E-state index >= 15 is 0 Å². The fraction of sp³-hybridized carbons (Fsp3) is 0.964. The Bertz CT molecular complexity index is 946. The molecular weight excluding hydrogens is 480 g/mol. The average molecular weight is 529 g/mol. The fourth-order valence-corrected chi connectivity index (χ4v) is 10.1. The van der Waals surface area contributed by atoms with Crippen LogP contribution in [0.5, 0.6) is 0 Å². The molecule has 4 fully saturated rings.